The highest BCUT2D eigenvalue weighted by Gasteiger charge is 2.23. The van der Waals surface area contributed by atoms with Crippen LogP contribution in [0.25, 0.3) is 10.9 Å². The van der Waals surface area contributed by atoms with Gasteiger partial charge in [0.1, 0.15) is 5.52 Å². The summed E-state index contributed by atoms with van der Waals surface area (Å²) in [6.07, 6.45) is 5.28. The van der Waals surface area contributed by atoms with Crippen LogP contribution in [0, 0.1) is 32.2 Å². The fourth-order valence-electron chi connectivity index (χ4n) is 3.82. The number of nitrogens with zero attached hydrogens (tertiary/aromatic N) is 4. The standard InChI is InChI=1S/C20H20N4.ClH/c1-13-10-22-20(19-18(13)14(2)15(3)24(19)12-21)23-9-8-16-6-4-5-7-17(16)11-23;/h4-7,10H,8-9,11H2,1-3H3;1H. The Morgan fingerprint density at radius 1 is 1.12 bits per heavy atom. The van der Waals surface area contributed by atoms with E-state index in [9.17, 15) is 5.26 Å². The van der Waals surface area contributed by atoms with Crippen LogP contribution in [0.1, 0.15) is 27.9 Å². The van der Waals surface area contributed by atoms with Crippen molar-refractivity contribution >= 4 is 29.1 Å². The van der Waals surface area contributed by atoms with E-state index >= 15 is 0 Å². The Labute approximate surface area is 154 Å². The van der Waals surface area contributed by atoms with E-state index in [4.69, 9.17) is 4.98 Å². The third-order valence-corrected chi connectivity index (χ3v) is 5.23. The van der Waals surface area contributed by atoms with Crippen LogP contribution in [-0.4, -0.2) is 16.1 Å². The smallest absolute Gasteiger partial charge is 0.189 e. The molecule has 1 aromatic carbocycles. The molecule has 2 aromatic heterocycles. The molecule has 0 bridgehead atoms. The van der Waals surface area contributed by atoms with Crippen LogP contribution < -0.4 is 4.90 Å². The SMILES string of the molecule is Cc1cnc(N2CCc3ccccc3C2)c2c1c(C)c(C)n2C#N.Cl. The van der Waals surface area contributed by atoms with Crippen LogP contribution in [0.5, 0.6) is 0 Å². The van der Waals surface area contributed by atoms with Crippen molar-refractivity contribution in [3.05, 3.63) is 58.4 Å². The molecule has 128 valence electrons. The van der Waals surface area contributed by atoms with Crippen molar-refractivity contribution in [1.29, 1.82) is 5.26 Å². The predicted molar refractivity (Wildman–Crippen MR) is 103 cm³/mol. The zero-order valence-corrected chi connectivity index (χ0v) is 15.5. The maximum atomic E-state index is 9.67. The van der Waals surface area contributed by atoms with E-state index in [1.807, 2.05) is 13.1 Å². The van der Waals surface area contributed by atoms with Gasteiger partial charge in [-0.1, -0.05) is 24.3 Å². The quantitative estimate of drug-likeness (QED) is 0.656. The normalized spacial score (nSPS) is 13.3. The molecule has 25 heavy (non-hydrogen) atoms. The molecule has 0 saturated carbocycles. The topological polar surface area (TPSA) is 44.9 Å². The Balaban J connectivity index is 0.00000182. The number of anilines is 1. The Hall–Kier alpha value is -2.51. The summed E-state index contributed by atoms with van der Waals surface area (Å²) >= 11 is 0. The van der Waals surface area contributed by atoms with Crippen molar-refractivity contribution < 1.29 is 0 Å². The molecule has 4 rings (SSSR count). The Morgan fingerprint density at radius 3 is 2.56 bits per heavy atom. The van der Waals surface area contributed by atoms with E-state index < -0.39 is 0 Å². The minimum Gasteiger partial charge on any atom is -0.350 e. The first-order valence-electron chi connectivity index (χ1n) is 8.31. The third-order valence-electron chi connectivity index (χ3n) is 5.23. The van der Waals surface area contributed by atoms with Crippen molar-refractivity contribution in [1.82, 2.24) is 9.55 Å². The second-order valence-corrected chi connectivity index (χ2v) is 6.57. The van der Waals surface area contributed by atoms with Gasteiger partial charge in [0.25, 0.3) is 0 Å². The number of hydrogen-bond acceptors (Lipinski definition) is 3. The first-order valence-corrected chi connectivity index (χ1v) is 8.31. The number of hydrogen-bond donors (Lipinski definition) is 0. The Bertz CT molecular complexity index is 997. The van der Waals surface area contributed by atoms with Gasteiger partial charge in [-0.3, -0.25) is 0 Å². The first kappa shape index (κ1) is 17.3. The zero-order chi connectivity index (χ0) is 16.8. The minimum atomic E-state index is 0. The average Bonchev–Trinajstić information content (AvgIpc) is 2.86. The van der Waals surface area contributed by atoms with Crippen molar-refractivity contribution in [2.75, 3.05) is 11.4 Å². The monoisotopic (exact) mass is 352 g/mol. The maximum Gasteiger partial charge on any atom is 0.189 e. The minimum absolute atomic E-state index is 0. The molecule has 1 aliphatic heterocycles. The summed E-state index contributed by atoms with van der Waals surface area (Å²) in [5, 5.41) is 10.8. The van der Waals surface area contributed by atoms with Gasteiger partial charge in [0.2, 0.25) is 0 Å². The Morgan fingerprint density at radius 2 is 1.84 bits per heavy atom. The summed E-state index contributed by atoms with van der Waals surface area (Å²) < 4.78 is 1.74. The summed E-state index contributed by atoms with van der Waals surface area (Å²) in [7, 11) is 0. The number of aromatic nitrogens is 2. The molecule has 0 unspecified atom stereocenters. The Kier molecular flexibility index (Phi) is 4.45. The van der Waals surface area contributed by atoms with Gasteiger partial charge in [-0.15, -0.1) is 12.4 Å². The number of benzene rings is 1. The van der Waals surface area contributed by atoms with Gasteiger partial charge in [-0.2, -0.15) is 5.26 Å². The van der Waals surface area contributed by atoms with Gasteiger partial charge in [0.15, 0.2) is 12.0 Å². The van der Waals surface area contributed by atoms with Crippen molar-refractivity contribution in [3.8, 4) is 6.19 Å². The molecular weight excluding hydrogens is 332 g/mol. The lowest BCUT2D eigenvalue weighted by molar-refractivity contribution is 0.722. The van der Waals surface area contributed by atoms with Crippen LogP contribution in [0.2, 0.25) is 0 Å². The molecule has 0 spiro atoms. The van der Waals surface area contributed by atoms with Crippen molar-refractivity contribution in [3.63, 3.8) is 0 Å². The van der Waals surface area contributed by atoms with Gasteiger partial charge >= 0.3 is 0 Å². The lowest BCUT2D eigenvalue weighted by atomic mass is 9.99. The van der Waals surface area contributed by atoms with Gasteiger partial charge in [0, 0.05) is 30.4 Å². The second kappa shape index (κ2) is 6.42. The maximum absolute atomic E-state index is 9.67. The lowest BCUT2D eigenvalue weighted by Crippen LogP contribution is -2.31. The van der Waals surface area contributed by atoms with Gasteiger partial charge in [0.05, 0.1) is 0 Å². The molecule has 1 aliphatic rings. The third kappa shape index (κ3) is 2.56. The number of nitriles is 1. The largest absolute Gasteiger partial charge is 0.350 e. The number of pyridine rings is 1. The fourth-order valence-corrected chi connectivity index (χ4v) is 3.82. The summed E-state index contributed by atoms with van der Waals surface area (Å²) in [4.78, 5) is 7.02. The van der Waals surface area contributed by atoms with E-state index in [1.165, 1.54) is 16.7 Å². The molecule has 5 heteroatoms. The highest BCUT2D eigenvalue weighted by Crippen LogP contribution is 2.35. The number of rotatable bonds is 1. The molecule has 0 atom stereocenters. The summed E-state index contributed by atoms with van der Waals surface area (Å²) in [6.45, 7) is 7.94. The van der Waals surface area contributed by atoms with Crippen molar-refractivity contribution in [2.45, 2.75) is 33.7 Å². The highest BCUT2D eigenvalue weighted by atomic mass is 35.5. The summed E-state index contributed by atoms with van der Waals surface area (Å²) in [5.74, 6) is 0.919. The molecule has 0 saturated heterocycles. The first-order chi connectivity index (χ1) is 11.6. The summed E-state index contributed by atoms with van der Waals surface area (Å²) in [5.41, 5.74) is 7.02. The zero-order valence-electron chi connectivity index (χ0n) is 14.7. The molecule has 0 aliphatic carbocycles. The number of fused-ring (bicyclic) bond motifs is 2. The molecular formula is C20H21ClN4. The highest BCUT2D eigenvalue weighted by molar-refractivity contribution is 5.96. The van der Waals surface area contributed by atoms with E-state index in [-0.39, 0.29) is 12.4 Å². The molecule has 3 heterocycles. The molecule has 0 N–H and O–H groups in total. The van der Waals surface area contributed by atoms with Gasteiger partial charge < -0.3 is 4.90 Å². The van der Waals surface area contributed by atoms with E-state index in [0.29, 0.717) is 0 Å². The van der Waals surface area contributed by atoms with Crippen LogP contribution >= 0.6 is 12.4 Å². The average molecular weight is 353 g/mol. The van der Waals surface area contributed by atoms with Crippen LogP contribution in [0.4, 0.5) is 5.82 Å². The second-order valence-electron chi connectivity index (χ2n) is 6.57. The summed E-state index contributed by atoms with van der Waals surface area (Å²) in [6, 6.07) is 8.58. The number of halogens is 1. The molecule has 3 aromatic rings. The lowest BCUT2D eigenvalue weighted by Gasteiger charge is -2.30. The van der Waals surface area contributed by atoms with Gasteiger partial charge in [-0.05, 0) is 49.4 Å². The molecule has 4 nitrogen and oxygen atoms in total. The van der Waals surface area contributed by atoms with Crippen LogP contribution in [-0.2, 0) is 13.0 Å². The van der Waals surface area contributed by atoms with Crippen LogP contribution in [0.3, 0.4) is 0 Å². The fraction of sp³-hybridized carbons (Fsp3) is 0.300. The predicted octanol–water partition coefficient (Wildman–Crippen LogP) is 4.28. The van der Waals surface area contributed by atoms with Gasteiger partial charge in [-0.25, -0.2) is 9.55 Å². The number of aryl methyl sites for hydroxylation is 2. The van der Waals surface area contributed by atoms with E-state index in [0.717, 1.165) is 47.5 Å². The molecule has 0 fully saturated rings. The van der Waals surface area contributed by atoms with Crippen molar-refractivity contribution in [2.24, 2.45) is 0 Å². The van der Waals surface area contributed by atoms with Crippen LogP contribution in [0.15, 0.2) is 30.5 Å². The van der Waals surface area contributed by atoms with E-state index in [1.54, 1.807) is 4.57 Å². The molecule has 0 amide bonds. The van der Waals surface area contributed by atoms with E-state index in [2.05, 4.69) is 49.2 Å². The molecule has 0 radical (unpaired) electrons.